The maximum Gasteiger partial charge on any atom is 0.257 e. The molecule has 3 aromatic carbocycles. The fourth-order valence-electron chi connectivity index (χ4n) is 5.68. The molecule has 6 rings (SSSR count). The Hall–Kier alpha value is -3.31. The summed E-state index contributed by atoms with van der Waals surface area (Å²) < 4.78 is 17.6. The maximum absolute atomic E-state index is 10.1. The van der Waals surface area contributed by atoms with Gasteiger partial charge in [-0.05, 0) is 53.6 Å². The van der Waals surface area contributed by atoms with Crippen molar-refractivity contribution in [1.29, 1.82) is 0 Å². The van der Waals surface area contributed by atoms with Gasteiger partial charge in [-0.15, -0.1) is 10.2 Å². The summed E-state index contributed by atoms with van der Waals surface area (Å²) in [6.45, 7) is 9.74. The van der Waals surface area contributed by atoms with E-state index in [0.29, 0.717) is 41.8 Å². The number of rotatable bonds is 12. The number of ether oxygens (including phenoxy) is 3. The summed E-state index contributed by atoms with van der Waals surface area (Å²) in [5.74, 6) is 1.21. The lowest BCUT2D eigenvalue weighted by molar-refractivity contribution is 0.0322. The minimum Gasteiger partial charge on any atom is -0.505 e. The summed E-state index contributed by atoms with van der Waals surface area (Å²) in [5.41, 5.74) is 4.47. The maximum atomic E-state index is 10.1. The first-order valence-corrected chi connectivity index (χ1v) is 17.0. The monoisotopic (exact) mass is 697 g/mol. The van der Waals surface area contributed by atoms with Gasteiger partial charge in [0.05, 0.1) is 35.6 Å². The van der Waals surface area contributed by atoms with Crippen LogP contribution in [0.4, 0.5) is 5.69 Å². The van der Waals surface area contributed by atoms with E-state index in [1.54, 1.807) is 12.1 Å². The van der Waals surface area contributed by atoms with Gasteiger partial charge >= 0.3 is 0 Å². The first kappa shape index (κ1) is 33.6. The molecule has 0 saturated carbocycles. The third kappa shape index (κ3) is 9.19. The first-order valence-electron chi connectivity index (χ1n) is 15.8. The van der Waals surface area contributed by atoms with E-state index in [1.807, 2.05) is 30.3 Å². The normalized spacial score (nSPS) is 15.9. The van der Waals surface area contributed by atoms with Gasteiger partial charge in [0, 0.05) is 69.4 Å². The second-order valence-electron chi connectivity index (χ2n) is 11.6. The van der Waals surface area contributed by atoms with Gasteiger partial charge in [0.2, 0.25) is 0 Å². The average molecular weight is 699 g/mol. The highest BCUT2D eigenvalue weighted by molar-refractivity contribution is 6.37. The van der Waals surface area contributed by atoms with Crippen molar-refractivity contribution in [3.05, 3.63) is 92.9 Å². The van der Waals surface area contributed by atoms with E-state index in [4.69, 9.17) is 49.0 Å². The number of piperazine rings is 1. The topological polar surface area (TPSA) is 83.4 Å². The van der Waals surface area contributed by atoms with E-state index in [-0.39, 0.29) is 15.8 Å². The zero-order valence-electron chi connectivity index (χ0n) is 26.1. The number of phenols is 1. The Bertz CT molecular complexity index is 1590. The minimum atomic E-state index is -0.158. The standard InChI is InChI=1S/C35H38Cl3N5O4/c36-28-5-1-25(2-6-28)9-17-47-35-33(23-32(39-40-35)27-21-30(37)34(44)31(38)22-27)43-12-10-42(11-13-43)24-26-3-7-29(8-4-26)46-20-16-41-14-18-45-19-15-41/h1-8,21-23,44H,9-20,24H2. The van der Waals surface area contributed by atoms with Crippen LogP contribution in [0.25, 0.3) is 11.3 Å². The van der Waals surface area contributed by atoms with Crippen LogP contribution in [0, 0.1) is 0 Å². The molecule has 0 radical (unpaired) electrons. The highest BCUT2D eigenvalue weighted by Gasteiger charge is 2.23. The summed E-state index contributed by atoms with van der Waals surface area (Å²) in [5, 5.41) is 20.0. The first-order chi connectivity index (χ1) is 22.9. The number of halogens is 3. The second-order valence-corrected chi connectivity index (χ2v) is 12.9. The molecule has 0 bridgehead atoms. The number of morpholine rings is 1. The molecule has 2 fully saturated rings. The number of benzene rings is 3. The van der Waals surface area contributed by atoms with Crippen molar-refractivity contribution in [3.63, 3.8) is 0 Å². The van der Waals surface area contributed by atoms with Crippen LogP contribution in [0.2, 0.25) is 15.1 Å². The van der Waals surface area contributed by atoms with Crippen LogP contribution in [0.15, 0.2) is 66.7 Å². The van der Waals surface area contributed by atoms with Gasteiger partial charge in [0.15, 0.2) is 5.75 Å². The predicted octanol–water partition coefficient (Wildman–Crippen LogP) is 6.46. The Morgan fingerprint density at radius 1 is 0.723 bits per heavy atom. The second kappa shape index (κ2) is 16.2. The molecule has 0 aliphatic carbocycles. The van der Waals surface area contributed by atoms with Crippen molar-refractivity contribution >= 4 is 40.5 Å². The number of aromatic nitrogens is 2. The third-order valence-electron chi connectivity index (χ3n) is 8.42. The lowest BCUT2D eigenvalue weighted by Gasteiger charge is -2.36. The van der Waals surface area contributed by atoms with Crippen molar-refractivity contribution < 1.29 is 19.3 Å². The molecule has 0 unspecified atom stereocenters. The van der Waals surface area contributed by atoms with E-state index in [2.05, 4.69) is 49.2 Å². The fraction of sp³-hybridized carbons (Fsp3) is 0.371. The molecule has 2 aliphatic rings. The smallest absolute Gasteiger partial charge is 0.257 e. The number of anilines is 1. The van der Waals surface area contributed by atoms with Gasteiger partial charge in [-0.2, -0.15) is 0 Å². The number of aromatic hydroxyl groups is 1. The molecular weight excluding hydrogens is 661 g/mol. The Kier molecular flexibility index (Phi) is 11.6. The molecule has 2 saturated heterocycles. The number of hydrogen-bond acceptors (Lipinski definition) is 9. The van der Waals surface area contributed by atoms with Crippen LogP contribution >= 0.6 is 34.8 Å². The molecule has 9 nitrogen and oxygen atoms in total. The van der Waals surface area contributed by atoms with Gasteiger partial charge in [-0.1, -0.05) is 59.1 Å². The molecule has 0 amide bonds. The average Bonchev–Trinajstić information content (AvgIpc) is 3.09. The molecule has 4 aromatic rings. The number of hydrogen-bond donors (Lipinski definition) is 1. The van der Waals surface area contributed by atoms with Gasteiger partial charge in [-0.25, -0.2) is 0 Å². The Balaban J connectivity index is 1.08. The quantitative estimate of drug-likeness (QED) is 0.179. The van der Waals surface area contributed by atoms with Crippen LogP contribution in [0.1, 0.15) is 11.1 Å². The van der Waals surface area contributed by atoms with Crippen LogP contribution in [-0.2, 0) is 17.7 Å². The van der Waals surface area contributed by atoms with Gasteiger partial charge in [0.25, 0.3) is 5.88 Å². The van der Waals surface area contributed by atoms with Gasteiger partial charge in [-0.3, -0.25) is 9.80 Å². The largest absolute Gasteiger partial charge is 0.505 e. The minimum absolute atomic E-state index is 0.153. The zero-order valence-corrected chi connectivity index (χ0v) is 28.4. The Labute approximate surface area is 290 Å². The van der Waals surface area contributed by atoms with E-state index < -0.39 is 0 Å². The Morgan fingerprint density at radius 3 is 2.11 bits per heavy atom. The molecule has 1 N–H and O–H groups in total. The fourth-order valence-corrected chi connectivity index (χ4v) is 6.30. The van der Waals surface area contributed by atoms with Crippen LogP contribution in [0.3, 0.4) is 0 Å². The lowest BCUT2D eigenvalue weighted by atomic mass is 10.1. The van der Waals surface area contributed by atoms with Crippen molar-refractivity contribution in [3.8, 4) is 28.6 Å². The summed E-state index contributed by atoms with van der Waals surface area (Å²) >= 11 is 18.5. The molecule has 1 aromatic heterocycles. The van der Waals surface area contributed by atoms with Crippen molar-refractivity contribution in [2.45, 2.75) is 13.0 Å². The third-order valence-corrected chi connectivity index (χ3v) is 9.25. The van der Waals surface area contributed by atoms with Crippen LogP contribution in [0.5, 0.6) is 17.4 Å². The van der Waals surface area contributed by atoms with Crippen LogP contribution < -0.4 is 14.4 Å². The lowest BCUT2D eigenvalue weighted by Crippen LogP contribution is -2.46. The van der Waals surface area contributed by atoms with E-state index in [9.17, 15) is 5.11 Å². The number of phenolic OH excluding ortho intramolecular Hbond substituents is 1. The van der Waals surface area contributed by atoms with Gasteiger partial charge < -0.3 is 24.2 Å². The molecule has 248 valence electrons. The van der Waals surface area contributed by atoms with Crippen molar-refractivity contribution in [1.82, 2.24) is 20.0 Å². The summed E-state index contributed by atoms with van der Waals surface area (Å²) in [4.78, 5) is 7.09. The number of nitrogens with zero attached hydrogens (tertiary/aromatic N) is 5. The summed E-state index contributed by atoms with van der Waals surface area (Å²) in [7, 11) is 0. The summed E-state index contributed by atoms with van der Waals surface area (Å²) in [6.07, 6.45) is 0.703. The molecular formula is C35H38Cl3N5O4. The molecule has 12 heteroatoms. The van der Waals surface area contributed by atoms with E-state index in [1.165, 1.54) is 5.56 Å². The van der Waals surface area contributed by atoms with E-state index in [0.717, 1.165) is 82.6 Å². The zero-order chi connectivity index (χ0) is 32.6. The van der Waals surface area contributed by atoms with Gasteiger partial charge in [0.1, 0.15) is 18.0 Å². The van der Waals surface area contributed by atoms with Crippen molar-refractivity contribution in [2.75, 3.05) is 77.1 Å². The van der Waals surface area contributed by atoms with E-state index >= 15 is 0 Å². The Morgan fingerprint density at radius 2 is 1.40 bits per heavy atom. The molecule has 0 spiro atoms. The molecule has 47 heavy (non-hydrogen) atoms. The predicted molar refractivity (Wildman–Crippen MR) is 186 cm³/mol. The van der Waals surface area contributed by atoms with Crippen molar-refractivity contribution in [2.24, 2.45) is 0 Å². The van der Waals surface area contributed by atoms with Crippen LogP contribution in [-0.4, -0.2) is 97.3 Å². The highest BCUT2D eigenvalue weighted by atomic mass is 35.5. The molecule has 3 heterocycles. The molecule has 2 aliphatic heterocycles. The highest BCUT2D eigenvalue weighted by Crippen LogP contribution is 2.38. The summed E-state index contributed by atoms with van der Waals surface area (Å²) in [6, 6.07) is 21.4. The molecule has 0 atom stereocenters. The SMILES string of the molecule is Oc1c(Cl)cc(-c2cc(N3CCN(Cc4ccc(OCCN5CCOCC5)cc4)CC3)c(OCCc3ccc(Cl)cc3)nn2)cc1Cl.